The fourth-order valence-electron chi connectivity index (χ4n) is 3.91. The first-order chi connectivity index (χ1) is 15.4. The molecule has 0 N–H and O–H groups in total. The van der Waals surface area contributed by atoms with Crippen LogP contribution in [0.15, 0.2) is 35.1 Å². The van der Waals surface area contributed by atoms with Gasteiger partial charge in [0.05, 0.1) is 16.6 Å². The minimum Gasteiger partial charge on any atom is -0.422 e. The van der Waals surface area contributed by atoms with Crippen molar-refractivity contribution in [2.24, 2.45) is 0 Å². The van der Waals surface area contributed by atoms with Gasteiger partial charge in [-0.1, -0.05) is 12.1 Å². The van der Waals surface area contributed by atoms with E-state index in [0.717, 1.165) is 12.5 Å². The van der Waals surface area contributed by atoms with E-state index in [1.54, 1.807) is 0 Å². The zero-order valence-corrected chi connectivity index (χ0v) is 16.3. The molecule has 0 amide bonds. The smallest absolute Gasteiger partial charge is 0.422 e. The molecule has 5 rings (SSSR count). The van der Waals surface area contributed by atoms with Crippen molar-refractivity contribution in [3.8, 4) is 11.6 Å². The molecule has 3 aromatic heterocycles. The average molecular weight is 472 g/mol. The molecule has 3 heterocycles. The molecule has 1 aromatic carbocycles. The molecule has 0 spiro atoms. The standard InChI is InChI=1S/C20H11F7N4O2/c21-18(4-1-5-18)17(32)31-12(16-30-28-8-33-16)6-9-2-3-10-11(19(22,23)24)7-13(20(25,26)27)29-14(10)15(9)31/h2-3,6-8H,1,4-5H2. The Kier molecular flexibility index (Phi) is 4.36. The molecule has 13 heteroatoms. The van der Waals surface area contributed by atoms with Gasteiger partial charge in [0.1, 0.15) is 11.4 Å². The SMILES string of the molecule is O=C(n1c(-c2nnco2)cc2ccc3c(C(F)(F)F)cc(C(F)(F)F)nc3c21)C1(F)CCC1. The molecular formula is C20H11F7N4O2. The van der Waals surface area contributed by atoms with Crippen LogP contribution in [0.1, 0.15) is 35.3 Å². The first-order valence-electron chi connectivity index (χ1n) is 9.54. The van der Waals surface area contributed by atoms with Gasteiger partial charge in [-0.25, -0.2) is 9.37 Å². The van der Waals surface area contributed by atoms with Crippen LogP contribution >= 0.6 is 0 Å². The number of pyridine rings is 1. The van der Waals surface area contributed by atoms with E-state index in [0.29, 0.717) is 11.0 Å². The summed E-state index contributed by atoms with van der Waals surface area (Å²) in [7, 11) is 0. The maximum absolute atomic E-state index is 15.1. The van der Waals surface area contributed by atoms with Crippen molar-refractivity contribution >= 4 is 27.7 Å². The lowest BCUT2D eigenvalue weighted by Gasteiger charge is -2.32. The predicted molar refractivity (Wildman–Crippen MR) is 98.9 cm³/mol. The number of alkyl halides is 7. The van der Waals surface area contributed by atoms with Gasteiger partial charge in [0.15, 0.2) is 5.67 Å². The number of rotatable bonds is 2. The third-order valence-electron chi connectivity index (χ3n) is 5.65. The van der Waals surface area contributed by atoms with E-state index in [4.69, 9.17) is 4.42 Å². The molecular weight excluding hydrogens is 461 g/mol. The van der Waals surface area contributed by atoms with Crippen LogP contribution in [-0.4, -0.2) is 31.3 Å². The van der Waals surface area contributed by atoms with Crippen LogP contribution in [0.3, 0.4) is 0 Å². The van der Waals surface area contributed by atoms with E-state index in [1.165, 1.54) is 12.1 Å². The molecule has 1 saturated carbocycles. The Labute approximate surface area is 179 Å². The summed E-state index contributed by atoms with van der Waals surface area (Å²) in [5.74, 6) is -1.42. The topological polar surface area (TPSA) is 73.8 Å². The lowest BCUT2D eigenvalue weighted by molar-refractivity contribution is -0.144. The second-order valence-corrected chi connectivity index (χ2v) is 7.68. The second kappa shape index (κ2) is 6.75. The van der Waals surface area contributed by atoms with Crippen molar-refractivity contribution in [2.75, 3.05) is 0 Å². The molecule has 1 aliphatic rings. The highest BCUT2D eigenvalue weighted by atomic mass is 19.4. The van der Waals surface area contributed by atoms with Gasteiger partial charge < -0.3 is 4.42 Å². The Bertz CT molecular complexity index is 1400. The molecule has 6 nitrogen and oxygen atoms in total. The minimum atomic E-state index is -5.21. The first kappa shape index (κ1) is 21.3. The fourth-order valence-corrected chi connectivity index (χ4v) is 3.91. The van der Waals surface area contributed by atoms with E-state index < -0.39 is 51.6 Å². The summed E-state index contributed by atoms with van der Waals surface area (Å²) in [6.07, 6.45) is -9.34. The van der Waals surface area contributed by atoms with Gasteiger partial charge in [-0.15, -0.1) is 10.2 Å². The monoisotopic (exact) mass is 472 g/mol. The van der Waals surface area contributed by atoms with E-state index in [-0.39, 0.29) is 35.9 Å². The number of halogens is 7. The Morgan fingerprint density at radius 1 is 1.06 bits per heavy atom. The van der Waals surface area contributed by atoms with Crippen LogP contribution < -0.4 is 0 Å². The number of fused-ring (bicyclic) bond motifs is 3. The van der Waals surface area contributed by atoms with Gasteiger partial charge in [0, 0.05) is 10.8 Å². The summed E-state index contributed by atoms with van der Waals surface area (Å²) in [5, 5.41) is 6.50. The van der Waals surface area contributed by atoms with Crippen molar-refractivity contribution in [1.82, 2.24) is 19.7 Å². The molecule has 4 aromatic rings. The number of hydrogen-bond donors (Lipinski definition) is 0. The zero-order valence-electron chi connectivity index (χ0n) is 16.3. The number of benzene rings is 1. The molecule has 1 aliphatic carbocycles. The number of aromatic nitrogens is 4. The molecule has 0 aliphatic heterocycles. The largest absolute Gasteiger partial charge is 0.433 e. The van der Waals surface area contributed by atoms with Crippen molar-refractivity contribution in [1.29, 1.82) is 0 Å². The van der Waals surface area contributed by atoms with Crippen LogP contribution in [0.5, 0.6) is 0 Å². The summed E-state index contributed by atoms with van der Waals surface area (Å²) < 4.78 is 102. The Morgan fingerprint density at radius 3 is 2.33 bits per heavy atom. The molecule has 0 bridgehead atoms. The number of hydrogen-bond acceptors (Lipinski definition) is 5. The lowest BCUT2D eigenvalue weighted by Crippen LogP contribution is -2.44. The fraction of sp³-hybridized carbons (Fsp3) is 0.300. The maximum atomic E-state index is 15.1. The van der Waals surface area contributed by atoms with Crippen molar-refractivity contribution in [3.05, 3.63) is 41.9 Å². The van der Waals surface area contributed by atoms with Crippen LogP contribution in [0.2, 0.25) is 0 Å². The molecule has 1 fully saturated rings. The van der Waals surface area contributed by atoms with Gasteiger partial charge in [-0.05, 0) is 31.4 Å². The van der Waals surface area contributed by atoms with Gasteiger partial charge in [0.2, 0.25) is 6.39 Å². The summed E-state index contributed by atoms with van der Waals surface area (Å²) in [5.41, 5.74) is -7.05. The van der Waals surface area contributed by atoms with Crippen LogP contribution in [0.25, 0.3) is 33.4 Å². The van der Waals surface area contributed by atoms with Gasteiger partial charge in [0.25, 0.3) is 11.8 Å². The molecule has 0 atom stereocenters. The number of carbonyl (C=O) groups is 1. The molecule has 0 radical (unpaired) electrons. The van der Waals surface area contributed by atoms with E-state index >= 15 is 4.39 Å². The van der Waals surface area contributed by atoms with Gasteiger partial charge in [-0.3, -0.25) is 9.36 Å². The van der Waals surface area contributed by atoms with Crippen molar-refractivity contribution in [3.63, 3.8) is 0 Å². The Morgan fingerprint density at radius 2 is 1.79 bits per heavy atom. The number of nitrogens with zero attached hydrogens (tertiary/aromatic N) is 4. The normalized spacial score (nSPS) is 16.3. The van der Waals surface area contributed by atoms with E-state index in [2.05, 4.69) is 15.2 Å². The van der Waals surface area contributed by atoms with E-state index in [1.807, 2.05) is 0 Å². The quantitative estimate of drug-likeness (QED) is 0.345. The van der Waals surface area contributed by atoms with Gasteiger partial charge >= 0.3 is 12.4 Å². The Balaban J connectivity index is 1.94. The summed E-state index contributed by atoms with van der Waals surface area (Å²) in [6, 6.07) is 3.29. The van der Waals surface area contributed by atoms with E-state index in [9.17, 15) is 31.1 Å². The summed E-state index contributed by atoms with van der Waals surface area (Å²) in [4.78, 5) is 16.6. The van der Waals surface area contributed by atoms with Crippen LogP contribution in [0.4, 0.5) is 30.7 Å². The minimum absolute atomic E-state index is 0.0481. The van der Waals surface area contributed by atoms with Crippen LogP contribution in [0, 0.1) is 0 Å². The molecule has 33 heavy (non-hydrogen) atoms. The third kappa shape index (κ3) is 3.25. The third-order valence-corrected chi connectivity index (χ3v) is 5.65. The lowest BCUT2D eigenvalue weighted by atomic mass is 9.81. The average Bonchev–Trinajstić information content (AvgIpc) is 3.36. The van der Waals surface area contributed by atoms with Crippen molar-refractivity contribution in [2.45, 2.75) is 37.3 Å². The molecule has 172 valence electrons. The molecule has 0 unspecified atom stereocenters. The summed E-state index contributed by atoms with van der Waals surface area (Å²) >= 11 is 0. The zero-order chi connectivity index (χ0) is 23.8. The second-order valence-electron chi connectivity index (χ2n) is 7.68. The van der Waals surface area contributed by atoms with Crippen LogP contribution in [-0.2, 0) is 12.4 Å². The van der Waals surface area contributed by atoms with Gasteiger partial charge in [-0.2, -0.15) is 26.3 Å². The maximum Gasteiger partial charge on any atom is 0.433 e. The summed E-state index contributed by atoms with van der Waals surface area (Å²) in [6.45, 7) is 0. The predicted octanol–water partition coefficient (Wildman–Crippen LogP) is 5.81. The highest BCUT2D eigenvalue weighted by Gasteiger charge is 2.47. The first-order valence-corrected chi connectivity index (χ1v) is 9.54. The highest BCUT2D eigenvalue weighted by Crippen LogP contribution is 2.44. The highest BCUT2D eigenvalue weighted by molar-refractivity contribution is 6.12. The number of carbonyl (C=O) groups excluding carboxylic acids is 1. The Hall–Kier alpha value is -3.51. The van der Waals surface area contributed by atoms with Crippen molar-refractivity contribution < 1.29 is 39.9 Å². The molecule has 0 saturated heterocycles.